The van der Waals surface area contributed by atoms with Crippen molar-refractivity contribution in [2.24, 2.45) is 0 Å². The predicted molar refractivity (Wildman–Crippen MR) is 56.8 cm³/mol. The Balaban J connectivity index is 3.11. The molecule has 1 aromatic rings. The van der Waals surface area contributed by atoms with Crippen molar-refractivity contribution in [1.82, 2.24) is 0 Å². The van der Waals surface area contributed by atoms with Crippen LogP contribution in [0.25, 0.3) is 0 Å². The van der Waals surface area contributed by atoms with Crippen molar-refractivity contribution in [2.45, 2.75) is 25.9 Å². The van der Waals surface area contributed by atoms with E-state index in [4.69, 9.17) is 4.74 Å². The Labute approximate surface area is 97.4 Å². The number of halogens is 4. The van der Waals surface area contributed by atoms with E-state index in [-0.39, 0.29) is 17.2 Å². The highest BCUT2D eigenvalue weighted by molar-refractivity contribution is 5.37. The molecule has 96 valence electrons. The molecule has 0 saturated heterocycles. The van der Waals surface area contributed by atoms with Gasteiger partial charge < -0.3 is 4.74 Å². The van der Waals surface area contributed by atoms with Gasteiger partial charge >= 0.3 is 0 Å². The largest absolute Gasteiger partial charge is 0.484 e. The lowest BCUT2D eigenvalue weighted by atomic mass is 10.0. The fraction of sp³-hybridized carbons (Fsp3) is 0.500. The molecular weight excluding hydrogens is 236 g/mol. The molecule has 0 fully saturated rings. The third-order valence-electron chi connectivity index (χ3n) is 2.27. The average molecular weight is 250 g/mol. The third-order valence-corrected chi connectivity index (χ3v) is 2.27. The molecule has 0 spiro atoms. The van der Waals surface area contributed by atoms with Crippen LogP contribution in [0, 0.1) is 11.6 Å². The lowest BCUT2D eigenvalue weighted by Crippen LogP contribution is -2.22. The Hall–Kier alpha value is -1.26. The van der Waals surface area contributed by atoms with E-state index in [1.165, 1.54) is 0 Å². The summed E-state index contributed by atoms with van der Waals surface area (Å²) in [5, 5.41) is 0. The molecule has 0 unspecified atom stereocenters. The van der Waals surface area contributed by atoms with Crippen LogP contribution in [0.2, 0.25) is 0 Å². The Kier molecular flexibility index (Phi) is 4.78. The summed E-state index contributed by atoms with van der Waals surface area (Å²) >= 11 is 0. The summed E-state index contributed by atoms with van der Waals surface area (Å²) in [5.74, 6) is -2.02. The van der Waals surface area contributed by atoms with Crippen LogP contribution in [0.5, 0.6) is 5.75 Å². The monoisotopic (exact) mass is 250 g/mol. The summed E-state index contributed by atoms with van der Waals surface area (Å²) in [6, 6.07) is 1.67. The molecule has 1 nitrogen and oxygen atoms in total. The molecule has 5 heteroatoms. The molecule has 17 heavy (non-hydrogen) atoms. The number of rotatable bonds is 5. The molecule has 0 aliphatic rings. The lowest BCUT2D eigenvalue weighted by Gasteiger charge is -2.18. The summed E-state index contributed by atoms with van der Waals surface area (Å²) in [4.78, 5) is 0. The summed E-state index contributed by atoms with van der Waals surface area (Å²) in [7, 11) is 0. The number of hydrogen-bond acceptors (Lipinski definition) is 1. The van der Waals surface area contributed by atoms with Crippen molar-refractivity contribution in [3.8, 4) is 5.75 Å². The maximum atomic E-state index is 13.5. The lowest BCUT2D eigenvalue weighted by molar-refractivity contribution is 0.131. The first kappa shape index (κ1) is 13.8. The van der Waals surface area contributed by atoms with Crippen LogP contribution in [0.4, 0.5) is 17.6 Å². The van der Waals surface area contributed by atoms with Crippen LogP contribution in [-0.4, -0.2) is 19.5 Å². The van der Waals surface area contributed by atoms with Crippen molar-refractivity contribution in [1.29, 1.82) is 0 Å². The number of alkyl halides is 2. The minimum absolute atomic E-state index is 0.123. The molecule has 0 heterocycles. The standard InChI is InChI=1S/C12H14F4O/c1-7(2)12-10(16)3-8(15)4-11(12)17-9(5-13)6-14/h3-4,7,9H,5-6H2,1-2H3. The first-order valence-corrected chi connectivity index (χ1v) is 5.27. The summed E-state index contributed by atoms with van der Waals surface area (Å²) in [6.07, 6.45) is -1.33. The summed E-state index contributed by atoms with van der Waals surface area (Å²) in [6.45, 7) is 1.27. The molecular formula is C12H14F4O. The van der Waals surface area contributed by atoms with Crippen molar-refractivity contribution in [3.05, 3.63) is 29.3 Å². The molecule has 0 radical (unpaired) electrons. The van der Waals surface area contributed by atoms with Gasteiger partial charge in [-0.15, -0.1) is 0 Å². The molecule has 0 aliphatic heterocycles. The second kappa shape index (κ2) is 5.89. The zero-order chi connectivity index (χ0) is 13.0. The molecule has 1 aromatic carbocycles. The van der Waals surface area contributed by atoms with E-state index >= 15 is 0 Å². The average Bonchev–Trinajstić information content (AvgIpc) is 2.24. The van der Waals surface area contributed by atoms with E-state index in [2.05, 4.69) is 0 Å². The number of ether oxygens (including phenoxy) is 1. The fourth-order valence-electron chi connectivity index (χ4n) is 1.50. The van der Waals surface area contributed by atoms with Gasteiger partial charge in [-0.1, -0.05) is 13.8 Å². The Morgan fingerprint density at radius 1 is 1.12 bits per heavy atom. The quantitative estimate of drug-likeness (QED) is 0.723. The maximum absolute atomic E-state index is 13.5. The molecule has 0 amide bonds. The van der Waals surface area contributed by atoms with Crippen LogP contribution < -0.4 is 4.74 Å². The Bertz CT molecular complexity index is 375. The van der Waals surface area contributed by atoms with Crippen molar-refractivity contribution in [3.63, 3.8) is 0 Å². The summed E-state index contributed by atoms with van der Waals surface area (Å²) in [5.41, 5.74) is 0.123. The van der Waals surface area contributed by atoms with Gasteiger partial charge in [-0.3, -0.25) is 0 Å². The zero-order valence-corrected chi connectivity index (χ0v) is 9.64. The SMILES string of the molecule is CC(C)c1c(F)cc(F)cc1OC(CF)CF. The first-order chi connectivity index (χ1) is 7.99. The Morgan fingerprint density at radius 2 is 1.71 bits per heavy atom. The van der Waals surface area contributed by atoms with Crippen molar-refractivity contribution < 1.29 is 22.3 Å². The van der Waals surface area contributed by atoms with Crippen molar-refractivity contribution in [2.75, 3.05) is 13.3 Å². The minimum Gasteiger partial charge on any atom is -0.484 e. The van der Waals surface area contributed by atoms with Crippen LogP contribution in [0.3, 0.4) is 0 Å². The van der Waals surface area contributed by atoms with Crippen molar-refractivity contribution >= 4 is 0 Å². The van der Waals surface area contributed by atoms with Crippen LogP contribution in [0.15, 0.2) is 12.1 Å². The molecule has 0 atom stereocenters. The van der Waals surface area contributed by atoms with Gasteiger partial charge in [0, 0.05) is 17.7 Å². The molecule has 0 aliphatic carbocycles. The van der Waals surface area contributed by atoms with E-state index in [0.29, 0.717) is 0 Å². The second-order valence-corrected chi connectivity index (χ2v) is 4.00. The molecule has 0 saturated carbocycles. The van der Waals surface area contributed by atoms with Gasteiger partial charge in [0.2, 0.25) is 0 Å². The third kappa shape index (κ3) is 3.35. The number of benzene rings is 1. The van der Waals surface area contributed by atoms with E-state index in [1.807, 2.05) is 0 Å². The maximum Gasteiger partial charge on any atom is 0.155 e. The normalized spacial score (nSPS) is 11.3. The van der Waals surface area contributed by atoms with Gasteiger partial charge in [-0.2, -0.15) is 0 Å². The zero-order valence-electron chi connectivity index (χ0n) is 9.64. The summed E-state index contributed by atoms with van der Waals surface area (Å²) < 4.78 is 56.1. The van der Waals surface area contributed by atoms with E-state index < -0.39 is 31.1 Å². The van der Waals surface area contributed by atoms with Crippen LogP contribution in [0.1, 0.15) is 25.3 Å². The predicted octanol–water partition coefficient (Wildman–Crippen LogP) is 3.77. The highest BCUT2D eigenvalue weighted by Gasteiger charge is 2.19. The van der Waals surface area contributed by atoms with Gasteiger partial charge in [-0.05, 0) is 5.92 Å². The molecule has 0 N–H and O–H groups in total. The highest BCUT2D eigenvalue weighted by atomic mass is 19.1. The number of hydrogen-bond donors (Lipinski definition) is 0. The minimum atomic E-state index is -1.33. The second-order valence-electron chi connectivity index (χ2n) is 4.00. The van der Waals surface area contributed by atoms with Gasteiger partial charge in [0.1, 0.15) is 30.7 Å². The van der Waals surface area contributed by atoms with E-state index in [9.17, 15) is 17.6 Å². The van der Waals surface area contributed by atoms with Gasteiger partial charge in [0.05, 0.1) is 0 Å². The highest BCUT2D eigenvalue weighted by Crippen LogP contribution is 2.31. The van der Waals surface area contributed by atoms with Gasteiger partial charge in [-0.25, -0.2) is 17.6 Å². The van der Waals surface area contributed by atoms with Gasteiger partial charge in [0.25, 0.3) is 0 Å². The van der Waals surface area contributed by atoms with Crippen LogP contribution >= 0.6 is 0 Å². The molecule has 0 bridgehead atoms. The topological polar surface area (TPSA) is 9.23 Å². The smallest absolute Gasteiger partial charge is 0.155 e. The Morgan fingerprint density at radius 3 is 2.18 bits per heavy atom. The fourth-order valence-corrected chi connectivity index (χ4v) is 1.50. The first-order valence-electron chi connectivity index (χ1n) is 5.27. The van der Waals surface area contributed by atoms with Gasteiger partial charge in [0.15, 0.2) is 6.10 Å². The van der Waals surface area contributed by atoms with Crippen LogP contribution in [-0.2, 0) is 0 Å². The molecule has 1 rings (SSSR count). The van der Waals surface area contributed by atoms with E-state index in [1.54, 1.807) is 13.8 Å². The van der Waals surface area contributed by atoms with E-state index in [0.717, 1.165) is 12.1 Å². The molecule has 0 aromatic heterocycles.